The smallest absolute Gasteiger partial charge is 0.330 e. The van der Waals surface area contributed by atoms with E-state index in [1.165, 1.54) is 11.8 Å². The van der Waals surface area contributed by atoms with Crippen LogP contribution in [0.5, 0.6) is 0 Å². The molecule has 0 spiro atoms. The molecule has 0 aliphatic carbocycles. The molecule has 0 aromatic rings. The molecule has 1 aliphatic rings. The van der Waals surface area contributed by atoms with Crippen molar-refractivity contribution in [3.63, 3.8) is 0 Å². The van der Waals surface area contributed by atoms with Gasteiger partial charge in [-0.15, -0.1) is 0 Å². The van der Waals surface area contributed by atoms with E-state index in [-0.39, 0.29) is 11.8 Å². The quantitative estimate of drug-likeness (QED) is 0.729. The Kier molecular flexibility index (Phi) is 3.91. The van der Waals surface area contributed by atoms with Crippen LogP contribution >= 0.6 is 0 Å². The summed E-state index contributed by atoms with van der Waals surface area (Å²) in [5.74, 6) is -1.14. The Labute approximate surface area is 95.8 Å². The third-order valence-corrected chi connectivity index (χ3v) is 3.50. The summed E-state index contributed by atoms with van der Waals surface area (Å²) in [6.45, 7) is 6.85. The predicted octanol–water partition coefficient (Wildman–Crippen LogP) is 0.308. The maximum absolute atomic E-state index is 11.6. The minimum Gasteiger partial charge on any atom is -0.479 e. The van der Waals surface area contributed by atoms with Gasteiger partial charge in [0.2, 0.25) is 5.91 Å². The van der Waals surface area contributed by atoms with Gasteiger partial charge in [-0.05, 0) is 19.9 Å². The highest BCUT2D eigenvalue weighted by Gasteiger charge is 2.50. The molecule has 0 aromatic heterocycles. The average Bonchev–Trinajstić information content (AvgIpc) is 2.21. The van der Waals surface area contributed by atoms with Gasteiger partial charge < -0.3 is 15.3 Å². The maximum Gasteiger partial charge on any atom is 0.330 e. The van der Waals surface area contributed by atoms with Crippen LogP contribution in [0, 0.1) is 5.92 Å². The Hall–Kier alpha value is -1.10. The lowest BCUT2D eigenvalue weighted by Gasteiger charge is -2.46. The van der Waals surface area contributed by atoms with E-state index >= 15 is 0 Å². The fraction of sp³-hybridized carbons (Fsp3) is 0.818. The van der Waals surface area contributed by atoms with Gasteiger partial charge in [0.25, 0.3) is 0 Å². The van der Waals surface area contributed by atoms with Crippen molar-refractivity contribution < 1.29 is 14.7 Å². The van der Waals surface area contributed by atoms with Gasteiger partial charge >= 0.3 is 5.97 Å². The topological polar surface area (TPSA) is 69.6 Å². The molecular weight excluding hydrogens is 208 g/mol. The first-order valence-corrected chi connectivity index (χ1v) is 5.69. The number of aliphatic carboxylic acids is 1. The fourth-order valence-electron chi connectivity index (χ4n) is 2.63. The molecular formula is C11H20N2O3. The van der Waals surface area contributed by atoms with Gasteiger partial charge in [-0.25, -0.2) is 4.79 Å². The van der Waals surface area contributed by atoms with E-state index in [4.69, 9.17) is 0 Å². The Bertz CT molecular complexity index is 293. The summed E-state index contributed by atoms with van der Waals surface area (Å²) in [5.41, 5.74) is -1.04. The zero-order valence-electron chi connectivity index (χ0n) is 10.1. The molecule has 1 amide bonds. The molecule has 16 heavy (non-hydrogen) atoms. The Morgan fingerprint density at radius 3 is 2.56 bits per heavy atom. The first-order chi connectivity index (χ1) is 7.46. The Morgan fingerprint density at radius 1 is 1.56 bits per heavy atom. The molecule has 5 nitrogen and oxygen atoms in total. The molecule has 92 valence electrons. The number of amides is 1. The molecule has 1 fully saturated rings. The second kappa shape index (κ2) is 4.82. The summed E-state index contributed by atoms with van der Waals surface area (Å²) in [6.07, 6.45) is 0.469. The molecule has 1 aliphatic heterocycles. The SMILES string of the molecule is CCN(C(C)=O)C1(C(=O)O)CCNCC1C. The molecule has 0 radical (unpaired) electrons. The number of carboxylic acids is 1. The van der Waals surface area contributed by atoms with Crippen molar-refractivity contribution in [2.24, 2.45) is 5.92 Å². The summed E-state index contributed by atoms with van der Waals surface area (Å²) >= 11 is 0. The molecule has 0 saturated carbocycles. The van der Waals surface area contributed by atoms with E-state index in [0.29, 0.717) is 26.1 Å². The van der Waals surface area contributed by atoms with Crippen molar-refractivity contribution >= 4 is 11.9 Å². The lowest BCUT2D eigenvalue weighted by atomic mass is 9.77. The first-order valence-electron chi connectivity index (χ1n) is 5.69. The van der Waals surface area contributed by atoms with Gasteiger partial charge in [0.15, 0.2) is 0 Å². The van der Waals surface area contributed by atoms with Crippen LogP contribution in [0.2, 0.25) is 0 Å². The van der Waals surface area contributed by atoms with E-state index in [9.17, 15) is 14.7 Å². The minimum absolute atomic E-state index is 0.0809. The number of carboxylic acid groups (broad SMARTS) is 1. The van der Waals surface area contributed by atoms with E-state index in [1.54, 1.807) is 0 Å². The van der Waals surface area contributed by atoms with E-state index in [0.717, 1.165) is 0 Å². The number of hydrogen-bond donors (Lipinski definition) is 2. The van der Waals surface area contributed by atoms with Crippen LogP contribution in [0.25, 0.3) is 0 Å². The van der Waals surface area contributed by atoms with Crippen LogP contribution in [-0.4, -0.2) is 47.1 Å². The van der Waals surface area contributed by atoms with Crippen LogP contribution in [0.1, 0.15) is 27.2 Å². The molecule has 2 unspecified atom stereocenters. The number of hydrogen-bond acceptors (Lipinski definition) is 3. The molecule has 1 rings (SSSR count). The number of carbonyl (C=O) groups excluding carboxylic acids is 1. The van der Waals surface area contributed by atoms with Crippen LogP contribution in [0.15, 0.2) is 0 Å². The number of rotatable bonds is 3. The molecule has 1 heterocycles. The zero-order chi connectivity index (χ0) is 12.3. The van der Waals surface area contributed by atoms with Crippen molar-refractivity contribution in [1.29, 1.82) is 0 Å². The highest BCUT2D eigenvalue weighted by atomic mass is 16.4. The fourth-order valence-corrected chi connectivity index (χ4v) is 2.63. The number of nitrogens with zero attached hydrogens (tertiary/aromatic N) is 1. The third-order valence-electron chi connectivity index (χ3n) is 3.50. The summed E-state index contributed by atoms with van der Waals surface area (Å²) < 4.78 is 0. The van der Waals surface area contributed by atoms with Crippen LogP contribution < -0.4 is 5.32 Å². The molecule has 0 bridgehead atoms. The number of carbonyl (C=O) groups is 2. The van der Waals surface area contributed by atoms with Gasteiger partial charge in [-0.1, -0.05) is 6.92 Å². The highest BCUT2D eigenvalue weighted by molar-refractivity contribution is 5.86. The second-order valence-electron chi connectivity index (χ2n) is 4.35. The summed E-state index contributed by atoms with van der Waals surface area (Å²) in [4.78, 5) is 24.6. The standard InChI is InChI=1S/C11H20N2O3/c1-4-13(9(3)14)11(10(15)16)5-6-12-7-8(11)2/h8,12H,4-7H2,1-3H3,(H,15,16). The van der Waals surface area contributed by atoms with Gasteiger partial charge in [-0.2, -0.15) is 0 Å². The summed E-state index contributed by atoms with van der Waals surface area (Å²) in [5, 5.41) is 12.6. The van der Waals surface area contributed by atoms with Gasteiger partial charge in [0.05, 0.1) is 0 Å². The van der Waals surface area contributed by atoms with Crippen molar-refractivity contribution in [2.45, 2.75) is 32.7 Å². The van der Waals surface area contributed by atoms with Crippen LogP contribution in [0.3, 0.4) is 0 Å². The number of nitrogens with one attached hydrogen (secondary N) is 1. The number of likely N-dealkylation sites (N-methyl/N-ethyl adjacent to an activating group) is 1. The van der Waals surface area contributed by atoms with Gasteiger partial charge in [0.1, 0.15) is 5.54 Å². The Balaban J connectivity index is 3.12. The first kappa shape index (κ1) is 13.0. The van der Waals surface area contributed by atoms with Crippen molar-refractivity contribution in [3.05, 3.63) is 0 Å². The molecule has 2 N–H and O–H groups in total. The van der Waals surface area contributed by atoms with E-state index in [1.807, 2.05) is 13.8 Å². The summed E-state index contributed by atoms with van der Waals surface area (Å²) in [7, 11) is 0. The van der Waals surface area contributed by atoms with E-state index < -0.39 is 11.5 Å². The highest BCUT2D eigenvalue weighted by Crippen LogP contribution is 2.31. The normalized spacial score (nSPS) is 29.8. The lowest BCUT2D eigenvalue weighted by Crippen LogP contribution is -2.65. The van der Waals surface area contributed by atoms with Crippen molar-refractivity contribution in [1.82, 2.24) is 10.2 Å². The largest absolute Gasteiger partial charge is 0.479 e. The van der Waals surface area contributed by atoms with Crippen molar-refractivity contribution in [3.8, 4) is 0 Å². The van der Waals surface area contributed by atoms with Crippen LogP contribution in [0.4, 0.5) is 0 Å². The predicted molar refractivity (Wildman–Crippen MR) is 60.1 cm³/mol. The third kappa shape index (κ3) is 1.91. The molecule has 1 saturated heterocycles. The summed E-state index contributed by atoms with van der Waals surface area (Å²) in [6, 6.07) is 0. The average molecular weight is 228 g/mol. The molecule has 2 atom stereocenters. The maximum atomic E-state index is 11.6. The monoisotopic (exact) mass is 228 g/mol. The van der Waals surface area contributed by atoms with E-state index in [2.05, 4.69) is 5.32 Å². The van der Waals surface area contributed by atoms with Gasteiger partial charge in [-0.3, -0.25) is 4.79 Å². The van der Waals surface area contributed by atoms with Crippen LogP contribution in [-0.2, 0) is 9.59 Å². The van der Waals surface area contributed by atoms with Gasteiger partial charge in [0, 0.05) is 25.9 Å². The lowest BCUT2D eigenvalue weighted by molar-refractivity contribution is -0.164. The molecule has 5 heteroatoms. The second-order valence-corrected chi connectivity index (χ2v) is 4.35. The van der Waals surface area contributed by atoms with Crippen molar-refractivity contribution in [2.75, 3.05) is 19.6 Å². The molecule has 0 aromatic carbocycles. The number of piperidine rings is 1. The Morgan fingerprint density at radius 2 is 2.19 bits per heavy atom. The zero-order valence-corrected chi connectivity index (χ0v) is 10.1. The minimum atomic E-state index is -1.04.